The van der Waals surface area contributed by atoms with Crippen molar-refractivity contribution in [1.82, 2.24) is 0 Å². The second kappa shape index (κ2) is 4.62. The molecule has 3 rings (SSSR count). The number of fused-ring (bicyclic) bond motifs is 1. The van der Waals surface area contributed by atoms with Crippen molar-refractivity contribution in [3.05, 3.63) is 23.3 Å². The molecule has 1 aliphatic carbocycles. The van der Waals surface area contributed by atoms with Gasteiger partial charge in [-0.2, -0.15) is 0 Å². The van der Waals surface area contributed by atoms with Crippen molar-refractivity contribution >= 4 is 0 Å². The van der Waals surface area contributed by atoms with Crippen molar-refractivity contribution in [3.8, 4) is 11.5 Å². The summed E-state index contributed by atoms with van der Waals surface area (Å²) in [5, 5.41) is 0. The molecule has 2 N–H and O–H groups in total. The summed E-state index contributed by atoms with van der Waals surface area (Å²) in [5.41, 5.74) is 6.23. The third-order valence-corrected chi connectivity index (χ3v) is 4.44. The molecular formula is C16H22FNO2. The van der Waals surface area contributed by atoms with Crippen molar-refractivity contribution in [2.24, 2.45) is 5.73 Å². The minimum atomic E-state index is -1.44. The Kier molecular flexibility index (Phi) is 3.16. The summed E-state index contributed by atoms with van der Waals surface area (Å²) in [6.45, 7) is 3.34. The summed E-state index contributed by atoms with van der Waals surface area (Å²) in [5.74, 6) is 1.30. The summed E-state index contributed by atoms with van der Waals surface area (Å²) in [4.78, 5) is 0. The quantitative estimate of drug-likeness (QED) is 0.897. The molecule has 0 saturated heterocycles. The van der Waals surface area contributed by atoms with Crippen LogP contribution in [0.15, 0.2) is 12.1 Å². The average Bonchev–Trinajstić information content (AvgIpc) is 2.84. The van der Waals surface area contributed by atoms with Gasteiger partial charge in [-0.1, -0.05) is 19.3 Å². The van der Waals surface area contributed by atoms with E-state index < -0.39 is 11.2 Å². The van der Waals surface area contributed by atoms with Crippen molar-refractivity contribution in [2.45, 2.75) is 57.2 Å². The van der Waals surface area contributed by atoms with E-state index in [0.29, 0.717) is 17.1 Å². The fourth-order valence-electron chi connectivity index (χ4n) is 3.30. The zero-order chi connectivity index (χ0) is 14.4. The Balaban J connectivity index is 2.13. The first kappa shape index (κ1) is 13.7. The highest BCUT2D eigenvalue weighted by atomic mass is 19.1. The highest BCUT2D eigenvalue weighted by molar-refractivity contribution is 5.52. The van der Waals surface area contributed by atoms with E-state index in [1.165, 1.54) is 6.42 Å². The minimum Gasteiger partial charge on any atom is -0.454 e. The topological polar surface area (TPSA) is 44.5 Å². The fraction of sp³-hybridized carbons (Fsp3) is 0.625. The molecular weight excluding hydrogens is 257 g/mol. The first-order valence-corrected chi connectivity index (χ1v) is 7.33. The van der Waals surface area contributed by atoms with Crippen LogP contribution in [0.5, 0.6) is 11.5 Å². The Bertz CT molecular complexity index is 516. The molecule has 110 valence electrons. The van der Waals surface area contributed by atoms with Crippen LogP contribution >= 0.6 is 0 Å². The maximum absolute atomic E-state index is 14.6. The number of alkyl halides is 1. The summed E-state index contributed by atoms with van der Waals surface area (Å²) in [7, 11) is 0. The molecule has 1 aliphatic heterocycles. The van der Waals surface area contributed by atoms with Crippen LogP contribution in [0.3, 0.4) is 0 Å². The Labute approximate surface area is 119 Å². The lowest BCUT2D eigenvalue weighted by Crippen LogP contribution is -2.40. The molecule has 1 heterocycles. The predicted octanol–water partition coefficient (Wildman–Crippen LogP) is 3.74. The third kappa shape index (κ3) is 2.26. The highest BCUT2D eigenvalue weighted by Crippen LogP contribution is 2.46. The second-order valence-electron chi connectivity index (χ2n) is 6.44. The number of nitrogens with two attached hydrogens (primary N) is 1. The van der Waals surface area contributed by atoms with E-state index in [1.54, 1.807) is 19.9 Å². The lowest BCUT2D eigenvalue weighted by atomic mass is 9.73. The van der Waals surface area contributed by atoms with Gasteiger partial charge < -0.3 is 15.2 Å². The van der Waals surface area contributed by atoms with E-state index in [2.05, 4.69) is 0 Å². The van der Waals surface area contributed by atoms with Crippen molar-refractivity contribution < 1.29 is 13.9 Å². The minimum absolute atomic E-state index is 0.197. The zero-order valence-electron chi connectivity index (χ0n) is 12.2. The van der Waals surface area contributed by atoms with Crippen LogP contribution in [0.25, 0.3) is 0 Å². The van der Waals surface area contributed by atoms with Crippen LogP contribution in [0, 0.1) is 0 Å². The van der Waals surface area contributed by atoms with E-state index in [4.69, 9.17) is 15.2 Å². The fourth-order valence-corrected chi connectivity index (χ4v) is 3.30. The van der Waals surface area contributed by atoms with Gasteiger partial charge in [0.05, 0.1) is 0 Å². The molecule has 0 radical (unpaired) electrons. The molecule has 4 heteroatoms. The van der Waals surface area contributed by atoms with Gasteiger partial charge in [-0.05, 0) is 49.9 Å². The predicted molar refractivity (Wildman–Crippen MR) is 75.6 cm³/mol. The van der Waals surface area contributed by atoms with Crippen LogP contribution in [-0.4, -0.2) is 6.79 Å². The van der Waals surface area contributed by atoms with Gasteiger partial charge in [0.2, 0.25) is 6.79 Å². The number of benzene rings is 1. The number of hydrogen-bond acceptors (Lipinski definition) is 3. The smallest absolute Gasteiger partial charge is 0.231 e. The summed E-state index contributed by atoms with van der Waals surface area (Å²) in [6.07, 6.45) is 5.19. The van der Waals surface area contributed by atoms with E-state index in [9.17, 15) is 4.39 Å². The largest absolute Gasteiger partial charge is 0.454 e. The molecule has 0 bridgehead atoms. The molecule has 1 saturated carbocycles. The van der Waals surface area contributed by atoms with Crippen molar-refractivity contribution in [2.75, 3.05) is 6.79 Å². The molecule has 1 aromatic carbocycles. The molecule has 3 nitrogen and oxygen atoms in total. The third-order valence-electron chi connectivity index (χ3n) is 4.44. The Morgan fingerprint density at radius 2 is 1.70 bits per heavy atom. The van der Waals surface area contributed by atoms with Crippen LogP contribution in [-0.2, 0) is 11.2 Å². The SMILES string of the molecule is CC(C)(F)c1cc2c(cc1C1(N)CCCCC1)OCO2. The molecule has 2 aliphatic rings. The molecule has 0 aromatic heterocycles. The Morgan fingerprint density at radius 1 is 1.10 bits per heavy atom. The van der Waals surface area contributed by atoms with Gasteiger partial charge in [0.15, 0.2) is 11.5 Å². The molecule has 0 atom stereocenters. The molecule has 0 spiro atoms. The normalized spacial score (nSPS) is 21.0. The first-order valence-electron chi connectivity index (χ1n) is 7.33. The number of ether oxygens (including phenoxy) is 2. The number of rotatable bonds is 2. The van der Waals surface area contributed by atoms with E-state index >= 15 is 0 Å². The Morgan fingerprint density at radius 3 is 2.30 bits per heavy atom. The molecule has 1 fully saturated rings. The molecule has 0 amide bonds. The number of hydrogen-bond donors (Lipinski definition) is 1. The van der Waals surface area contributed by atoms with Gasteiger partial charge in [0, 0.05) is 5.54 Å². The summed E-state index contributed by atoms with van der Waals surface area (Å²) < 4.78 is 25.4. The van der Waals surface area contributed by atoms with Gasteiger partial charge in [-0.25, -0.2) is 4.39 Å². The van der Waals surface area contributed by atoms with Gasteiger partial charge in [0.25, 0.3) is 0 Å². The summed E-state index contributed by atoms with van der Waals surface area (Å²) in [6, 6.07) is 3.66. The van der Waals surface area contributed by atoms with Crippen LogP contribution in [0.1, 0.15) is 57.1 Å². The standard InChI is InChI=1S/C16H22FNO2/c1-15(2,17)11-8-13-14(20-10-19-13)9-12(11)16(18)6-4-3-5-7-16/h8-9H,3-7,10,18H2,1-2H3. The molecule has 20 heavy (non-hydrogen) atoms. The lowest BCUT2D eigenvalue weighted by molar-refractivity contribution is 0.173. The maximum Gasteiger partial charge on any atom is 0.231 e. The maximum atomic E-state index is 14.6. The highest BCUT2D eigenvalue weighted by Gasteiger charge is 2.37. The number of halogens is 1. The van der Waals surface area contributed by atoms with Gasteiger partial charge in [0.1, 0.15) is 5.67 Å². The molecule has 1 aromatic rings. The molecule has 0 unspecified atom stereocenters. The van der Waals surface area contributed by atoms with Gasteiger partial charge >= 0.3 is 0 Å². The van der Waals surface area contributed by atoms with Crippen molar-refractivity contribution in [3.63, 3.8) is 0 Å². The monoisotopic (exact) mass is 279 g/mol. The lowest BCUT2D eigenvalue weighted by Gasteiger charge is -2.37. The Hall–Kier alpha value is -1.29. The van der Waals surface area contributed by atoms with Crippen molar-refractivity contribution in [1.29, 1.82) is 0 Å². The first-order chi connectivity index (χ1) is 9.40. The van der Waals surface area contributed by atoms with Gasteiger partial charge in [-0.3, -0.25) is 0 Å². The van der Waals surface area contributed by atoms with Gasteiger partial charge in [-0.15, -0.1) is 0 Å². The second-order valence-corrected chi connectivity index (χ2v) is 6.44. The zero-order valence-corrected chi connectivity index (χ0v) is 12.2. The van der Waals surface area contributed by atoms with Crippen LogP contribution in [0.4, 0.5) is 4.39 Å². The van der Waals surface area contributed by atoms with E-state index in [1.807, 2.05) is 6.07 Å². The van der Waals surface area contributed by atoms with Crippen LogP contribution < -0.4 is 15.2 Å². The summed E-state index contributed by atoms with van der Waals surface area (Å²) >= 11 is 0. The average molecular weight is 279 g/mol. The van der Waals surface area contributed by atoms with E-state index in [-0.39, 0.29) is 6.79 Å². The van der Waals surface area contributed by atoms with E-state index in [0.717, 1.165) is 31.2 Å². The van der Waals surface area contributed by atoms with Crippen LogP contribution in [0.2, 0.25) is 0 Å².